The number of carbonyl (C=O) groups excluding carboxylic acids is 1. The normalized spacial score (nSPS) is 12.8. The molecule has 1 aromatic carbocycles. The molecule has 0 saturated carbocycles. The van der Waals surface area contributed by atoms with Crippen LogP contribution in [0, 0.1) is 0 Å². The van der Waals surface area contributed by atoms with Crippen molar-refractivity contribution in [1.82, 2.24) is 5.32 Å². The molecular weight excluding hydrogens is 226 g/mol. The Balaban J connectivity index is 2.74. The average Bonchev–Trinajstić information content (AvgIpc) is 2.38. The number of carbonyl (C=O) groups is 1. The molecule has 0 fully saturated rings. The number of hydrogen-bond acceptors (Lipinski definition) is 3. The summed E-state index contributed by atoms with van der Waals surface area (Å²) in [5.74, 6) is -0.404. The van der Waals surface area contributed by atoms with E-state index in [9.17, 15) is 4.79 Å². The first-order chi connectivity index (χ1) is 8.49. The Bertz CT molecular complexity index is 398. The zero-order valence-corrected chi connectivity index (χ0v) is 11.3. The Morgan fingerprint density at radius 3 is 2.56 bits per heavy atom. The van der Waals surface area contributed by atoms with Crippen molar-refractivity contribution in [2.75, 3.05) is 0 Å². The molecule has 1 unspecified atom stereocenters. The number of nitrogens with one attached hydrogen (secondary N) is 1. The van der Waals surface area contributed by atoms with Crippen LogP contribution in [0.2, 0.25) is 0 Å². The van der Waals surface area contributed by atoms with Gasteiger partial charge in [0, 0.05) is 11.6 Å². The van der Waals surface area contributed by atoms with Gasteiger partial charge in [0.25, 0.3) is 0 Å². The van der Waals surface area contributed by atoms with E-state index in [4.69, 9.17) is 4.74 Å². The minimum absolute atomic E-state index is 0.261. The van der Waals surface area contributed by atoms with E-state index in [2.05, 4.69) is 37.9 Å². The standard InChI is InChI=1S/C15H21NO2/c1-5-13(18-14(17)6-2)16-15(3,4)12-10-8-7-9-11-12/h6-11,13,16H,2,5H2,1,3-4H3. The quantitative estimate of drug-likeness (QED) is 0.477. The highest BCUT2D eigenvalue weighted by molar-refractivity contribution is 5.81. The maximum Gasteiger partial charge on any atom is 0.331 e. The molecule has 18 heavy (non-hydrogen) atoms. The van der Waals surface area contributed by atoms with Gasteiger partial charge < -0.3 is 4.74 Å². The summed E-state index contributed by atoms with van der Waals surface area (Å²) in [6.45, 7) is 9.49. The van der Waals surface area contributed by atoms with Gasteiger partial charge in [-0.15, -0.1) is 0 Å². The van der Waals surface area contributed by atoms with Gasteiger partial charge in [0.2, 0.25) is 0 Å². The van der Waals surface area contributed by atoms with Crippen molar-refractivity contribution in [1.29, 1.82) is 0 Å². The number of rotatable bonds is 6. The second-order valence-electron chi connectivity index (χ2n) is 4.67. The van der Waals surface area contributed by atoms with E-state index in [0.29, 0.717) is 6.42 Å². The Morgan fingerprint density at radius 1 is 1.44 bits per heavy atom. The monoisotopic (exact) mass is 247 g/mol. The maximum absolute atomic E-state index is 11.2. The Hall–Kier alpha value is -1.61. The van der Waals surface area contributed by atoms with Crippen molar-refractivity contribution in [3.8, 4) is 0 Å². The fraction of sp³-hybridized carbons (Fsp3) is 0.400. The van der Waals surface area contributed by atoms with Crippen molar-refractivity contribution >= 4 is 5.97 Å². The SMILES string of the molecule is C=CC(=O)OC(CC)NC(C)(C)c1ccccc1. The lowest BCUT2D eigenvalue weighted by Crippen LogP contribution is -2.45. The van der Waals surface area contributed by atoms with Crippen LogP contribution in [0.1, 0.15) is 32.8 Å². The van der Waals surface area contributed by atoms with Crippen LogP contribution in [0.3, 0.4) is 0 Å². The first-order valence-corrected chi connectivity index (χ1v) is 6.16. The molecule has 0 amide bonds. The van der Waals surface area contributed by atoms with E-state index < -0.39 is 5.97 Å². The first-order valence-electron chi connectivity index (χ1n) is 6.16. The smallest absolute Gasteiger partial charge is 0.331 e. The molecule has 0 bridgehead atoms. The summed E-state index contributed by atoms with van der Waals surface area (Å²) >= 11 is 0. The Morgan fingerprint density at radius 2 is 2.06 bits per heavy atom. The van der Waals surface area contributed by atoms with Crippen LogP contribution < -0.4 is 5.32 Å². The van der Waals surface area contributed by atoms with Crippen molar-refractivity contribution in [3.63, 3.8) is 0 Å². The van der Waals surface area contributed by atoms with Crippen molar-refractivity contribution in [2.24, 2.45) is 0 Å². The zero-order chi connectivity index (χ0) is 13.6. The summed E-state index contributed by atoms with van der Waals surface area (Å²) in [7, 11) is 0. The Labute approximate surface area is 109 Å². The number of esters is 1. The van der Waals surface area contributed by atoms with Crippen LogP contribution in [0.15, 0.2) is 43.0 Å². The molecule has 1 rings (SSSR count). The second kappa shape index (κ2) is 6.36. The average molecular weight is 247 g/mol. The molecule has 1 atom stereocenters. The zero-order valence-electron chi connectivity index (χ0n) is 11.3. The van der Waals surface area contributed by atoms with Gasteiger partial charge in [-0.25, -0.2) is 4.79 Å². The highest BCUT2D eigenvalue weighted by Gasteiger charge is 2.24. The number of hydrogen-bond donors (Lipinski definition) is 1. The molecule has 0 saturated heterocycles. The molecule has 0 spiro atoms. The Kier molecular flexibility index (Phi) is 5.10. The summed E-state index contributed by atoms with van der Waals surface area (Å²) in [5.41, 5.74) is 0.890. The molecule has 0 aliphatic heterocycles. The van der Waals surface area contributed by atoms with E-state index in [1.807, 2.05) is 25.1 Å². The molecule has 1 aromatic rings. The number of benzene rings is 1. The highest BCUT2D eigenvalue weighted by atomic mass is 16.6. The molecule has 0 aliphatic carbocycles. The summed E-state index contributed by atoms with van der Waals surface area (Å²) in [6.07, 6.45) is 1.57. The van der Waals surface area contributed by atoms with Crippen molar-refractivity contribution in [2.45, 2.75) is 39.0 Å². The number of ether oxygens (including phenoxy) is 1. The molecule has 3 nitrogen and oxygen atoms in total. The third-order valence-electron chi connectivity index (χ3n) is 2.81. The van der Waals surface area contributed by atoms with Crippen LogP contribution in [0.5, 0.6) is 0 Å². The molecule has 3 heteroatoms. The molecule has 98 valence electrons. The van der Waals surface area contributed by atoms with E-state index in [-0.39, 0.29) is 11.8 Å². The topological polar surface area (TPSA) is 38.3 Å². The third-order valence-corrected chi connectivity index (χ3v) is 2.81. The summed E-state index contributed by atoms with van der Waals surface area (Å²) < 4.78 is 5.24. The maximum atomic E-state index is 11.2. The molecule has 0 aromatic heterocycles. The van der Waals surface area contributed by atoms with Crippen LogP contribution in [0.25, 0.3) is 0 Å². The van der Waals surface area contributed by atoms with Crippen LogP contribution in [-0.2, 0) is 15.1 Å². The second-order valence-corrected chi connectivity index (χ2v) is 4.67. The largest absolute Gasteiger partial charge is 0.443 e. The predicted molar refractivity (Wildman–Crippen MR) is 73.0 cm³/mol. The fourth-order valence-electron chi connectivity index (χ4n) is 1.74. The lowest BCUT2D eigenvalue weighted by Gasteiger charge is -2.31. The molecule has 0 heterocycles. The van der Waals surface area contributed by atoms with Crippen molar-refractivity contribution in [3.05, 3.63) is 48.6 Å². The summed E-state index contributed by atoms with van der Waals surface area (Å²) in [5, 5.41) is 3.33. The van der Waals surface area contributed by atoms with E-state index in [1.54, 1.807) is 0 Å². The van der Waals surface area contributed by atoms with E-state index >= 15 is 0 Å². The molecule has 1 N–H and O–H groups in total. The lowest BCUT2D eigenvalue weighted by atomic mass is 9.94. The van der Waals surface area contributed by atoms with Gasteiger partial charge >= 0.3 is 5.97 Å². The molecular formula is C15H21NO2. The summed E-state index contributed by atoms with van der Waals surface area (Å²) in [4.78, 5) is 11.2. The van der Waals surface area contributed by atoms with Gasteiger partial charge in [-0.05, 0) is 25.8 Å². The minimum Gasteiger partial charge on any atom is -0.443 e. The van der Waals surface area contributed by atoms with Gasteiger partial charge in [-0.3, -0.25) is 5.32 Å². The van der Waals surface area contributed by atoms with E-state index in [0.717, 1.165) is 5.56 Å². The van der Waals surface area contributed by atoms with Crippen LogP contribution >= 0.6 is 0 Å². The van der Waals surface area contributed by atoms with Gasteiger partial charge in [0.1, 0.15) is 0 Å². The van der Waals surface area contributed by atoms with E-state index in [1.165, 1.54) is 6.08 Å². The molecule has 0 aliphatic rings. The first kappa shape index (κ1) is 14.5. The third kappa shape index (κ3) is 4.00. The van der Waals surface area contributed by atoms with Gasteiger partial charge in [0.05, 0.1) is 0 Å². The van der Waals surface area contributed by atoms with Crippen molar-refractivity contribution < 1.29 is 9.53 Å². The van der Waals surface area contributed by atoms with Gasteiger partial charge in [-0.2, -0.15) is 0 Å². The van der Waals surface area contributed by atoms with Gasteiger partial charge in [0.15, 0.2) is 6.23 Å². The molecule has 0 radical (unpaired) electrons. The highest BCUT2D eigenvalue weighted by Crippen LogP contribution is 2.21. The van der Waals surface area contributed by atoms with Crippen LogP contribution in [-0.4, -0.2) is 12.2 Å². The minimum atomic E-state index is -0.404. The van der Waals surface area contributed by atoms with Gasteiger partial charge in [-0.1, -0.05) is 43.8 Å². The summed E-state index contributed by atoms with van der Waals surface area (Å²) in [6, 6.07) is 10.1. The predicted octanol–water partition coefficient (Wildman–Crippen LogP) is 2.98. The lowest BCUT2D eigenvalue weighted by molar-refractivity contribution is -0.145. The fourth-order valence-corrected chi connectivity index (χ4v) is 1.74. The van der Waals surface area contributed by atoms with Crippen LogP contribution in [0.4, 0.5) is 0 Å².